The molecule has 4 heteroatoms. The van der Waals surface area contributed by atoms with Crippen LogP contribution in [-0.4, -0.2) is 18.9 Å². The first-order chi connectivity index (χ1) is 14.1. The standard InChI is InChI=1S/C25H20O4/c1-28-18-13-11-16(12-14-18)20-15-25(23(26)17-7-3-2-4-8-17)22(20)19-9-5-6-10-21(19)29-24(25)27/h2-14,20,22H,15H2,1H3/t20-,22-,25+/m1/s1. The summed E-state index contributed by atoms with van der Waals surface area (Å²) in [4.78, 5) is 26.7. The highest BCUT2D eigenvalue weighted by molar-refractivity contribution is 6.15. The number of benzene rings is 3. The van der Waals surface area contributed by atoms with Crippen LogP contribution in [0.4, 0.5) is 0 Å². The van der Waals surface area contributed by atoms with Gasteiger partial charge in [0.05, 0.1) is 7.11 Å². The van der Waals surface area contributed by atoms with Gasteiger partial charge in [0.2, 0.25) is 0 Å². The van der Waals surface area contributed by atoms with E-state index in [9.17, 15) is 9.59 Å². The van der Waals surface area contributed by atoms with Gasteiger partial charge in [-0.05, 0) is 36.1 Å². The van der Waals surface area contributed by atoms with Gasteiger partial charge in [0, 0.05) is 17.0 Å². The minimum atomic E-state index is -1.18. The number of esters is 1. The quantitative estimate of drug-likeness (QED) is 0.282. The number of rotatable bonds is 4. The maximum Gasteiger partial charge on any atom is 0.326 e. The second-order valence-electron chi connectivity index (χ2n) is 7.66. The molecule has 0 unspecified atom stereocenters. The zero-order valence-corrected chi connectivity index (χ0v) is 16.0. The Hall–Kier alpha value is -3.40. The molecular formula is C25H20O4. The number of methoxy groups -OCH3 is 1. The minimum absolute atomic E-state index is 0.0579. The SMILES string of the molecule is COc1ccc([C@H]2C[C@]3(C(=O)c4ccccc4)C(=O)Oc4ccccc4[C@H]23)cc1. The highest BCUT2D eigenvalue weighted by atomic mass is 16.5. The van der Waals surface area contributed by atoms with Gasteiger partial charge in [-0.15, -0.1) is 0 Å². The topological polar surface area (TPSA) is 52.6 Å². The fraction of sp³-hybridized carbons (Fsp3) is 0.200. The molecule has 3 atom stereocenters. The van der Waals surface area contributed by atoms with Gasteiger partial charge in [0.25, 0.3) is 0 Å². The van der Waals surface area contributed by atoms with Crippen molar-refractivity contribution in [3.8, 4) is 11.5 Å². The van der Waals surface area contributed by atoms with E-state index < -0.39 is 11.4 Å². The predicted molar refractivity (Wildman–Crippen MR) is 108 cm³/mol. The molecule has 1 fully saturated rings. The zero-order valence-electron chi connectivity index (χ0n) is 16.0. The van der Waals surface area contributed by atoms with Gasteiger partial charge >= 0.3 is 5.97 Å². The zero-order chi connectivity index (χ0) is 20.0. The Labute approximate surface area is 169 Å². The monoisotopic (exact) mass is 384 g/mol. The third-order valence-electron chi connectivity index (χ3n) is 6.28. The molecule has 1 aliphatic carbocycles. The summed E-state index contributed by atoms with van der Waals surface area (Å²) in [5.41, 5.74) is 1.38. The van der Waals surface area contributed by atoms with Crippen LogP contribution in [0.1, 0.15) is 39.7 Å². The van der Waals surface area contributed by atoms with Gasteiger partial charge < -0.3 is 9.47 Å². The number of Topliss-reactive ketones (excluding diaryl/α,β-unsaturated/α-hetero) is 1. The van der Waals surface area contributed by atoms with Crippen molar-refractivity contribution < 1.29 is 19.1 Å². The van der Waals surface area contributed by atoms with Gasteiger partial charge in [0.1, 0.15) is 16.9 Å². The molecule has 3 aromatic carbocycles. The highest BCUT2D eigenvalue weighted by Crippen LogP contribution is 2.66. The molecule has 4 nitrogen and oxygen atoms in total. The minimum Gasteiger partial charge on any atom is -0.497 e. The Morgan fingerprint density at radius 3 is 2.38 bits per heavy atom. The van der Waals surface area contributed by atoms with Crippen molar-refractivity contribution in [2.24, 2.45) is 5.41 Å². The number of para-hydroxylation sites is 1. The summed E-state index contributed by atoms with van der Waals surface area (Å²) in [6, 6.07) is 24.4. The fourth-order valence-corrected chi connectivity index (χ4v) is 4.82. The Kier molecular flexibility index (Phi) is 4.02. The van der Waals surface area contributed by atoms with E-state index in [1.165, 1.54) is 0 Å². The van der Waals surface area contributed by atoms with Crippen molar-refractivity contribution in [2.75, 3.05) is 7.11 Å². The van der Waals surface area contributed by atoms with E-state index in [1.54, 1.807) is 25.3 Å². The molecule has 0 amide bonds. The van der Waals surface area contributed by atoms with Crippen molar-refractivity contribution in [1.82, 2.24) is 0 Å². The summed E-state index contributed by atoms with van der Waals surface area (Å²) in [7, 11) is 1.63. The van der Waals surface area contributed by atoms with E-state index >= 15 is 0 Å². The molecule has 5 rings (SSSR count). The predicted octanol–water partition coefficient (Wildman–Crippen LogP) is 4.75. The average molecular weight is 384 g/mol. The number of hydrogen-bond acceptors (Lipinski definition) is 4. The number of fused-ring (bicyclic) bond motifs is 3. The molecule has 1 heterocycles. The third-order valence-corrected chi connectivity index (χ3v) is 6.28. The normalized spacial score (nSPS) is 24.5. The molecule has 0 N–H and O–H groups in total. The van der Waals surface area contributed by atoms with Crippen LogP contribution < -0.4 is 9.47 Å². The number of carbonyl (C=O) groups is 2. The first-order valence-electron chi connectivity index (χ1n) is 9.70. The molecular weight excluding hydrogens is 364 g/mol. The van der Waals surface area contributed by atoms with Crippen LogP contribution in [0, 0.1) is 5.41 Å². The van der Waals surface area contributed by atoms with Crippen molar-refractivity contribution >= 4 is 11.8 Å². The van der Waals surface area contributed by atoms with Crippen LogP contribution >= 0.6 is 0 Å². The van der Waals surface area contributed by atoms with Crippen LogP contribution in [0.5, 0.6) is 11.5 Å². The molecule has 144 valence electrons. The highest BCUT2D eigenvalue weighted by Gasteiger charge is 2.67. The van der Waals surface area contributed by atoms with Crippen LogP contribution in [0.2, 0.25) is 0 Å². The lowest BCUT2D eigenvalue weighted by molar-refractivity contribution is -0.153. The molecule has 0 radical (unpaired) electrons. The van der Waals surface area contributed by atoms with E-state index in [4.69, 9.17) is 9.47 Å². The molecule has 1 saturated carbocycles. The molecule has 2 aliphatic rings. The van der Waals surface area contributed by atoms with Crippen molar-refractivity contribution in [2.45, 2.75) is 18.3 Å². The lowest BCUT2D eigenvalue weighted by Gasteiger charge is -2.54. The lowest BCUT2D eigenvalue weighted by atomic mass is 9.47. The molecule has 29 heavy (non-hydrogen) atoms. The smallest absolute Gasteiger partial charge is 0.326 e. The maximum absolute atomic E-state index is 13.6. The third kappa shape index (κ3) is 2.52. The second kappa shape index (κ2) is 6.59. The lowest BCUT2D eigenvalue weighted by Crippen LogP contribution is -2.59. The summed E-state index contributed by atoms with van der Waals surface area (Å²) >= 11 is 0. The first kappa shape index (κ1) is 17.7. The Morgan fingerprint density at radius 2 is 1.66 bits per heavy atom. The van der Waals surface area contributed by atoms with E-state index in [0.29, 0.717) is 17.7 Å². The van der Waals surface area contributed by atoms with Crippen molar-refractivity contribution in [3.63, 3.8) is 0 Å². The van der Waals surface area contributed by atoms with Crippen LogP contribution in [0.25, 0.3) is 0 Å². The molecule has 0 bridgehead atoms. The number of ketones is 1. The van der Waals surface area contributed by atoms with Gasteiger partial charge in [-0.2, -0.15) is 0 Å². The van der Waals surface area contributed by atoms with Gasteiger partial charge in [-0.25, -0.2) is 0 Å². The number of carbonyl (C=O) groups excluding carboxylic acids is 2. The summed E-state index contributed by atoms with van der Waals surface area (Å²) in [5, 5.41) is 0. The van der Waals surface area contributed by atoms with E-state index in [2.05, 4.69) is 0 Å². The van der Waals surface area contributed by atoms with Gasteiger partial charge in [0.15, 0.2) is 5.78 Å². The van der Waals surface area contributed by atoms with Crippen molar-refractivity contribution in [3.05, 3.63) is 95.6 Å². The number of ether oxygens (including phenoxy) is 2. The average Bonchev–Trinajstić information content (AvgIpc) is 2.75. The fourth-order valence-electron chi connectivity index (χ4n) is 4.82. The number of hydrogen-bond donors (Lipinski definition) is 0. The molecule has 1 aliphatic heterocycles. The first-order valence-corrected chi connectivity index (χ1v) is 9.70. The van der Waals surface area contributed by atoms with Crippen LogP contribution in [-0.2, 0) is 4.79 Å². The maximum atomic E-state index is 13.6. The molecule has 3 aromatic rings. The summed E-state index contributed by atoms with van der Waals surface area (Å²) in [6.45, 7) is 0. The second-order valence-corrected chi connectivity index (χ2v) is 7.66. The Bertz CT molecular complexity index is 1090. The van der Waals surface area contributed by atoms with Gasteiger partial charge in [-0.3, -0.25) is 9.59 Å². The summed E-state index contributed by atoms with van der Waals surface area (Å²) < 4.78 is 10.9. The Balaban J connectivity index is 1.62. The van der Waals surface area contributed by atoms with Gasteiger partial charge in [-0.1, -0.05) is 60.7 Å². The molecule has 0 aromatic heterocycles. The van der Waals surface area contributed by atoms with Crippen LogP contribution in [0.15, 0.2) is 78.9 Å². The summed E-state index contributed by atoms with van der Waals surface area (Å²) in [6.07, 6.45) is 0.435. The largest absolute Gasteiger partial charge is 0.497 e. The summed E-state index contributed by atoms with van der Waals surface area (Å²) in [5.74, 6) is 0.538. The van der Waals surface area contributed by atoms with E-state index in [0.717, 1.165) is 16.9 Å². The van der Waals surface area contributed by atoms with Crippen LogP contribution in [0.3, 0.4) is 0 Å². The van der Waals surface area contributed by atoms with Crippen molar-refractivity contribution in [1.29, 1.82) is 0 Å². The Morgan fingerprint density at radius 1 is 0.966 bits per heavy atom. The molecule has 0 spiro atoms. The molecule has 0 saturated heterocycles. The van der Waals surface area contributed by atoms with E-state index in [1.807, 2.05) is 60.7 Å². The van der Waals surface area contributed by atoms with E-state index in [-0.39, 0.29) is 17.6 Å².